The average Bonchev–Trinajstić information content (AvgIpc) is 3.68. The number of carbonyl (C=O) groups excluding carboxylic acids is 1. The van der Waals surface area contributed by atoms with Crippen LogP contribution in [-0.2, 0) is 0 Å². The molecule has 3 aromatic heterocycles. The van der Waals surface area contributed by atoms with Gasteiger partial charge in [0.25, 0.3) is 5.91 Å². The van der Waals surface area contributed by atoms with Crippen LogP contribution in [0, 0.1) is 18.3 Å². The second-order valence-electron chi connectivity index (χ2n) is 9.43. The Morgan fingerprint density at radius 3 is 2.68 bits per heavy atom. The smallest absolute Gasteiger partial charge is 0.258 e. The van der Waals surface area contributed by atoms with Crippen molar-refractivity contribution in [2.75, 3.05) is 32.6 Å². The molecule has 0 bridgehead atoms. The number of ether oxygens (including phenoxy) is 1. The molecule has 0 atom stereocenters. The van der Waals surface area contributed by atoms with E-state index >= 15 is 0 Å². The molecular formula is C28H27N7O3. The van der Waals surface area contributed by atoms with Gasteiger partial charge in [0.2, 0.25) is 11.7 Å². The SMILES string of the molecule is Cc1nc(-c2ccc(-c3ccc(C(=O)Nc4cc(OCCN(C)C)c(C#N)cn4)cn3)c(C3CC3)c2)no1. The molecule has 0 aliphatic heterocycles. The zero-order chi connectivity index (χ0) is 26.6. The minimum absolute atomic E-state index is 0.293. The molecular weight excluding hydrogens is 482 g/mol. The number of nitrogens with one attached hydrogen (secondary N) is 1. The second-order valence-corrected chi connectivity index (χ2v) is 9.43. The molecule has 4 aromatic rings. The Balaban J connectivity index is 1.32. The maximum absolute atomic E-state index is 12.9. The number of anilines is 1. The zero-order valence-electron chi connectivity index (χ0n) is 21.4. The van der Waals surface area contributed by atoms with E-state index in [2.05, 4.69) is 37.6 Å². The van der Waals surface area contributed by atoms with E-state index in [9.17, 15) is 10.1 Å². The van der Waals surface area contributed by atoms with Crippen LogP contribution in [0.4, 0.5) is 5.82 Å². The average molecular weight is 510 g/mol. The van der Waals surface area contributed by atoms with Gasteiger partial charge in [0.15, 0.2) is 0 Å². The van der Waals surface area contributed by atoms with Crippen molar-refractivity contribution in [3.63, 3.8) is 0 Å². The van der Waals surface area contributed by atoms with Crippen LogP contribution in [0.3, 0.4) is 0 Å². The van der Waals surface area contributed by atoms with Crippen LogP contribution in [0.5, 0.6) is 5.75 Å². The van der Waals surface area contributed by atoms with Gasteiger partial charge in [-0.15, -0.1) is 0 Å². The van der Waals surface area contributed by atoms with Crippen molar-refractivity contribution in [1.29, 1.82) is 5.26 Å². The number of aromatic nitrogens is 4. The Bertz CT molecular complexity index is 1500. The van der Waals surface area contributed by atoms with Crippen molar-refractivity contribution in [2.24, 2.45) is 0 Å². The van der Waals surface area contributed by atoms with Crippen LogP contribution in [-0.4, -0.2) is 58.2 Å². The third-order valence-electron chi connectivity index (χ3n) is 6.18. The number of likely N-dealkylation sites (N-methyl/N-ethyl adjacent to an activating group) is 1. The minimum Gasteiger partial charge on any atom is -0.491 e. The molecule has 5 rings (SSSR count). The first-order valence-corrected chi connectivity index (χ1v) is 12.3. The predicted octanol–water partition coefficient (Wildman–Crippen LogP) is 4.44. The number of benzene rings is 1. The summed E-state index contributed by atoms with van der Waals surface area (Å²) >= 11 is 0. The highest BCUT2D eigenvalue weighted by molar-refractivity contribution is 6.03. The fourth-order valence-electron chi connectivity index (χ4n) is 4.01. The van der Waals surface area contributed by atoms with Crippen LogP contribution >= 0.6 is 0 Å². The number of nitriles is 1. The number of amides is 1. The van der Waals surface area contributed by atoms with E-state index in [0.717, 1.165) is 29.7 Å². The third-order valence-corrected chi connectivity index (χ3v) is 6.18. The fraction of sp³-hybridized carbons (Fsp3) is 0.286. The first kappa shape index (κ1) is 25.0. The van der Waals surface area contributed by atoms with Crippen LogP contribution in [0.25, 0.3) is 22.6 Å². The number of hydrogen-bond acceptors (Lipinski definition) is 9. The van der Waals surface area contributed by atoms with Gasteiger partial charge in [0.1, 0.15) is 29.8 Å². The largest absolute Gasteiger partial charge is 0.491 e. The predicted molar refractivity (Wildman–Crippen MR) is 141 cm³/mol. The summed E-state index contributed by atoms with van der Waals surface area (Å²) in [6.07, 6.45) is 5.19. The van der Waals surface area contributed by atoms with Gasteiger partial charge in [-0.3, -0.25) is 9.78 Å². The van der Waals surface area contributed by atoms with Gasteiger partial charge in [-0.2, -0.15) is 10.2 Å². The van der Waals surface area contributed by atoms with Crippen molar-refractivity contribution >= 4 is 11.7 Å². The Morgan fingerprint density at radius 2 is 2.03 bits per heavy atom. The highest BCUT2D eigenvalue weighted by atomic mass is 16.5. The lowest BCUT2D eigenvalue weighted by atomic mass is 9.97. The maximum Gasteiger partial charge on any atom is 0.258 e. The molecule has 1 aliphatic carbocycles. The number of nitrogens with zero attached hydrogens (tertiary/aromatic N) is 6. The van der Waals surface area contributed by atoms with Gasteiger partial charge < -0.3 is 19.5 Å². The van der Waals surface area contributed by atoms with Gasteiger partial charge in [0, 0.05) is 36.9 Å². The lowest BCUT2D eigenvalue weighted by molar-refractivity contribution is 0.102. The van der Waals surface area contributed by atoms with Crippen molar-refractivity contribution in [3.05, 3.63) is 71.4 Å². The molecule has 0 saturated heterocycles. The first-order chi connectivity index (χ1) is 18.4. The van der Waals surface area contributed by atoms with Crippen LogP contribution in [0.2, 0.25) is 0 Å². The van der Waals surface area contributed by atoms with E-state index in [-0.39, 0.29) is 5.91 Å². The van der Waals surface area contributed by atoms with Gasteiger partial charge in [-0.05, 0) is 56.6 Å². The van der Waals surface area contributed by atoms with Crippen molar-refractivity contribution < 1.29 is 14.1 Å². The Hall–Kier alpha value is -4.62. The summed E-state index contributed by atoms with van der Waals surface area (Å²) < 4.78 is 10.9. The highest BCUT2D eigenvalue weighted by Gasteiger charge is 2.27. The quantitative estimate of drug-likeness (QED) is 0.348. The topological polar surface area (TPSA) is 130 Å². The summed E-state index contributed by atoms with van der Waals surface area (Å²) in [5.74, 6) is 1.88. The number of pyridine rings is 2. The molecule has 10 nitrogen and oxygen atoms in total. The van der Waals surface area contributed by atoms with E-state index in [1.807, 2.05) is 37.2 Å². The fourth-order valence-corrected chi connectivity index (χ4v) is 4.01. The Labute approximate surface area is 220 Å². The lowest BCUT2D eigenvalue weighted by Crippen LogP contribution is -2.20. The van der Waals surface area contributed by atoms with E-state index < -0.39 is 0 Å². The summed E-state index contributed by atoms with van der Waals surface area (Å²) in [6.45, 7) is 2.86. The monoisotopic (exact) mass is 509 g/mol. The van der Waals surface area contributed by atoms with Gasteiger partial charge >= 0.3 is 0 Å². The van der Waals surface area contributed by atoms with E-state index in [1.54, 1.807) is 25.3 Å². The van der Waals surface area contributed by atoms with Gasteiger partial charge in [-0.25, -0.2) is 4.98 Å². The van der Waals surface area contributed by atoms with E-state index in [0.29, 0.717) is 53.5 Å². The van der Waals surface area contributed by atoms with E-state index in [4.69, 9.17) is 9.26 Å². The van der Waals surface area contributed by atoms with Crippen LogP contribution in [0.15, 0.2) is 53.3 Å². The van der Waals surface area contributed by atoms with Crippen molar-refractivity contribution in [2.45, 2.75) is 25.7 Å². The molecule has 3 heterocycles. The molecule has 1 aliphatic rings. The minimum atomic E-state index is -0.356. The number of hydrogen-bond donors (Lipinski definition) is 1. The Morgan fingerprint density at radius 1 is 1.18 bits per heavy atom. The standard InChI is InChI=1S/C28H27N7O3/c1-17-32-27(34-38-17)19-6-8-22(23(12-19)18-4-5-18)24-9-7-20(15-30-24)28(36)33-26-13-25(21(14-29)16-31-26)37-11-10-35(2)3/h6-9,12-13,15-16,18H,4-5,10-11H2,1-3H3,(H,31,33,36). The van der Waals surface area contributed by atoms with E-state index in [1.165, 1.54) is 11.8 Å². The van der Waals surface area contributed by atoms with Crippen molar-refractivity contribution in [1.82, 2.24) is 25.0 Å². The number of carbonyl (C=O) groups is 1. The summed E-state index contributed by atoms with van der Waals surface area (Å²) in [5, 5.41) is 16.1. The number of rotatable bonds is 9. The molecule has 10 heteroatoms. The molecule has 1 saturated carbocycles. The molecule has 0 spiro atoms. The molecule has 1 aromatic carbocycles. The summed E-state index contributed by atoms with van der Waals surface area (Å²) in [6, 6.07) is 13.3. The van der Waals surface area contributed by atoms with Crippen LogP contribution in [0.1, 0.15) is 46.1 Å². The van der Waals surface area contributed by atoms with Crippen LogP contribution < -0.4 is 10.1 Å². The molecule has 0 radical (unpaired) electrons. The maximum atomic E-state index is 12.9. The second kappa shape index (κ2) is 10.8. The molecule has 1 amide bonds. The molecule has 38 heavy (non-hydrogen) atoms. The van der Waals surface area contributed by atoms with Gasteiger partial charge in [-0.1, -0.05) is 17.3 Å². The molecule has 1 N–H and O–H groups in total. The molecule has 0 unspecified atom stereocenters. The summed E-state index contributed by atoms with van der Waals surface area (Å²) in [5.41, 5.74) is 4.60. The third kappa shape index (κ3) is 5.68. The van der Waals surface area contributed by atoms with Gasteiger partial charge in [0.05, 0.1) is 17.5 Å². The lowest BCUT2D eigenvalue weighted by Gasteiger charge is -2.13. The summed E-state index contributed by atoms with van der Waals surface area (Å²) in [4.78, 5) is 28.0. The zero-order valence-corrected chi connectivity index (χ0v) is 21.4. The summed E-state index contributed by atoms with van der Waals surface area (Å²) in [7, 11) is 3.87. The molecule has 1 fully saturated rings. The van der Waals surface area contributed by atoms with Crippen molar-refractivity contribution in [3.8, 4) is 34.5 Å². The normalized spacial score (nSPS) is 12.8. The highest BCUT2D eigenvalue weighted by Crippen LogP contribution is 2.45. The Kier molecular flexibility index (Phi) is 7.11. The number of aryl methyl sites for hydroxylation is 1. The first-order valence-electron chi connectivity index (χ1n) is 12.3. The molecule has 192 valence electrons.